The molecule has 2 bridgehead atoms. The Bertz CT molecular complexity index is 838. The first-order chi connectivity index (χ1) is 14.2. The molecule has 0 spiro atoms. The Morgan fingerprint density at radius 1 is 0.793 bits per heavy atom. The number of likely N-dealkylation sites (tertiary alicyclic amines) is 1. The molecule has 154 valence electrons. The van der Waals surface area contributed by atoms with E-state index < -0.39 is 0 Å². The van der Waals surface area contributed by atoms with Crippen molar-refractivity contribution in [2.75, 3.05) is 27.3 Å². The Balaban J connectivity index is 1.32. The first kappa shape index (κ1) is 19.0. The van der Waals surface area contributed by atoms with Gasteiger partial charge in [-0.15, -0.1) is 0 Å². The normalized spacial score (nSPS) is 27.3. The van der Waals surface area contributed by atoms with Crippen LogP contribution in [0.2, 0.25) is 0 Å². The van der Waals surface area contributed by atoms with Crippen LogP contribution in [0.5, 0.6) is 11.5 Å². The zero-order chi connectivity index (χ0) is 19.8. The van der Waals surface area contributed by atoms with Crippen LogP contribution in [0.25, 0.3) is 11.1 Å². The van der Waals surface area contributed by atoms with Gasteiger partial charge in [0.2, 0.25) is 0 Å². The molecule has 3 nitrogen and oxygen atoms in total. The lowest BCUT2D eigenvalue weighted by Crippen LogP contribution is -2.43. The van der Waals surface area contributed by atoms with Gasteiger partial charge in [0.1, 0.15) is 11.5 Å². The van der Waals surface area contributed by atoms with Gasteiger partial charge < -0.3 is 14.4 Å². The average Bonchev–Trinajstić information content (AvgIpc) is 3.43. The number of methoxy groups -OCH3 is 2. The first-order valence-corrected chi connectivity index (χ1v) is 11.3. The molecule has 0 amide bonds. The third-order valence-corrected chi connectivity index (χ3v) is 7.79. The minimum Gasteiger partial charge on any atom is -0.497 e. The number of piperidine rings is 1. The molecule has 2 aromatic rings. The molecular formula is C26H33NO2. The van der Waals surface area contributed by atoms with Crippen molar-refractivity contribution in [3.8, 4) is 22.6 Å². The Morgan fingerprint density at radius 2 is 1.55 bits per heavy atom. The third-order valence-electron chi connectivity index (χ3n) is 7.79. The number of nitrogens with zero attached hydrogens (tertiary/aromatic N) is 1. The highest BCUT2D eigenvalue weighted by molar-refractivity contribution is 5.66. The van der Waals surface area contributed by atoms with Gasteiger partial charge >= 0.3 is 0 Å². The highest BCUT2D eigenvalue weighted by Gasteiger charge is 2.43. The molecule has 3 fully saturated rings. The summed E-state index contributed by atoms with van der Waals surface area (Å²) in [6.07, 6.45) is 8.43. The molecule has 29 heavy (non-hydrogen) atoms. The summed E-state index contributed by atoms with van der Waals surface area (Å²) in [7, 11) is 3.51. The Labute approximate surface area is 175 Å². The van der Waals surface area contributed by atoms with Crippen LogP contribution >= 0.6 is 0 Å². The molecule has 3 heteroatoms. The number of ether oxygens (including phenoxy) is 2. The van der Waals surface area contributed by atoms with Crippen molar-refractivity contribution in [2.45, 2.75) is 50.5 Å². The first-order valence-electron chi connectivity index (χ1n) is 11.3. The molecule has 3 aliphatic rings. The van der Waals surface area contributed by atoms with Gasteiger partial charge in [-0.05, 0) is 104 Å². The molecule has 0 unspecified atom stereocenters. The van der Waals surface area contributed by atoms with Gasteiger partial charge in [-0.3, -0.25) is 0 Å². The lowest BCUT2D eigenvalue weighted by Gasteiger charge is -2.40. The van der Waals surface area contributed by atoms with E-state index >= 15 is 0 Å². The molecule has 1 heterocycles. The van der Waals surface area contributed by atoms with Gasteiger partial charge in [0.25, 0.3) is 0 Å². The van der Waals surface area contributed by atoms with Gasteiger partial charge in [-0.25, -0.2) is 0 Å². The zero-order valence-corrected chi connectivity index (χ0v) is 17.8. The second-order valence-corrected chi connectivity index (χ2v) is 9.24. The summed E-state index contributed by atoms with van der Waals surface area (Å²) in [6, 6.07) is 15.9. The molecule has 2 saturated carbocycles. The van der Waals surface area contributed by atoms with Crippen molar-refractivity contribution >= 4 is 0 Å². The summed E-state index contributed by atoms with van der Waals surface area (Å²) in [6.45, 7) is 2.49. The molecule has 0 radical (unpaired) electrons. The van der Waals surface area contributed by atoms with Crippen LogP contribution in [0, 0.1) is 11.8 Å². The smallest absolute Gasteiger partial charge is 0.122 e. The van der Waals surface area contributed by atoms with Gasteiger partial charge in [-0.2, -0.15) is 0 Å². The molecule has 1 saturated heterocycles. The second kappa shape index (κ2) is 8.02. The van der Waals surface area contributed by atoms with Crippen molar-refractivity contribution in [3.63, 3.8) is 0 Å². The lowest BCUT2D eigenvalue weighted by atomic mass is 9.85. The van der Waals surface area contributed by atoms with Crippen LogP contribution in [-0.4, -0.2) is 38.3 Å². The molecular weight excluding hydrogens is 358 g/mol. The predicted molar refractivity (Wildman–Crippen MR) is 118 cm³/mol. The van der Waals surface area contributed by atoms with Crippen LogP contribution in [-0.2, 0) is 0 Å². The summed E-state index contributed by atoms with van der Waals surface area (Å²) in [5.74, 6) is 4.56. The molecule has 0 aromatic heterocycles. The largest absolute Gasteiger partial charge is 0.497 e. The minimum absolute atomic E-state index is 0.595. The monoisotopic (exact) mass is 391 g/mol. The van der Waals surface area contributed by atoms with Crippen LogP contribution in [0.1, 0.15) is 50.0 Å². The molecule has 5 rings (SSSR count). The molecule has 3 atom stereocenters. The Kier molecular flexibility index (Phi) is 5.26. The minimum atomic E-state index is 0.595. The summed E-state index contributed by atoms with van der Waals surface area (Å²) < 4.78 is 11.1. The van der Waals surface area contributed by atoms with Gasteiger partial charge in [0, 0.05) is 6.04 Å². The van der Waals surface area contributed by atoms with E-state index in [9.17, 15) is 0 Å². The van der Waals surface area contributed by atoms with Gasteiger partial charge in [0.05, 0.1) is 14.2 Å². The topological polar surface area (TPSA) is 21.7 Å². The highest BCUT2D eigenvalue weighted by Crippen LogP contribution is 2.48. The van der Waals surface area contributed by atoms with Crippen LogP contribution in [0.4, 0.5) is 0 Å². The zero-order valence-electron chi connectivity index (χ0n) is 17.8. The van der Waals surface area contributed by atoms with Crippen molar-refractivity contribution < 1.29 is 9.47 Å². The Hall–Kier alpha value is -2.00. The SMILES string of the molecule is COc1ccc(-c2ccc(OC)c(C3CCN([C@@H]4C[C@H]5CC[C@H]4C5)CC3)c2)cc1. The Morgan fingerprint density at radius 3 is 2.17 bits per heavy atom. The fraction of sp³-hybridized carbons (Fsp3) is 0.538. The summed E-state index contributed by atoms with van der Waals surface area (Å²) >= 11 is 0. The third kappa shape index (κ3) is 3.66. The van der Waals surface area contributed by atoms with Crippen molar-refractivity contribution in [2.24, 2.45) is 11.8 Å². The standard InChI is InChI=1S/C26H33NO2/c1-28-23-8-5-19(6-9-23)21-7-10-26(29-2)24(17-21)20-11-13-27(14-12-20)25-16-18-3-4-22(25)15-18/h5-10,17-18,20,22,25H,3-4,11-16H2,1-2H3/t18-,22-,25+/m0/s1. The highest BCUT2D eigenvalue weighted by atomic mass is 16.5. The fourth-order valence-electron chi connectivity index (χ4n) is 6.22. The maximum atomic E-state index is 5.76. The fourth-order valence-corrected chi connectivity index (χ4v) is 6.22. The van der Waals surface area contributed by atoms with Gasteiger partial charge in [0.15, 0.2) is 0 Å². The number of hydrogen-bond acceptors (Lipinski definition) is 3. The van der Waals surface area contributed by atoms with Crippen molar-refractivity contribution in [1.29, 1.82) is 0 Å². The van der Waals surface area contributed by atoms with Gasteiger partial charge in [-0.1, -0.05) is 24.6 Å². The van der Waals surface area contributed by atoms with E-state index in [1.165, 1.54) is 68.3 Å². The van der Waals surface area contributed by atoms with E-state index in [1.807, 2.05) is 12.1 Å². The summed E-state index contributed by atoms with van der Waals surface area (Å²) in [4.78, 5) is 2.82. The number of fused-ring (bicyclic) bond motifs is 2. The molecule has 1 aliphatic heterocycles. The lowest BCUT2D eigenvalue weighted by molar-refractivity contribution is 0.110. The molecule has 2 aliphatic carbocycles. The second-order valence-electron chi connectivity index (χ2n) is 9.24. The van der Waals surface area contributed by atoms with E-state index in [1.54, 1.807) is 14.2 Å². The van der Waals surface area contributed by atoms with E-state index in [2.05, 4.69) is 35.2 Å². The van der Waals surface area contributed by atoms with E-state index in [4.69, 9.17) is 9.47 Å². The number of rotatable bonds is 5. The maximum absolute atomic E-state index is 5.76. The van der Waals surface area contributed by atoms with E-state index in [0.29, 0.717) is 5.92 Å². The van der Waals surface area contributed by atoms with Crippen molar-refractivity contribution in [1.82, 2.24) is 4.90 Å². The van der Waals surface area contributed by atoms with Crippen LogP contribution < -0.4 is 9.47 Å². The van der Waals surface area contributed by atoms with E-state index in [0.717, 1.165) is 29.4 Å². The summed E-state index contributed by atoms with van der Waals surface area (Å²) in [5, 5.41) is 0. The van der Waals surface area contributed by atoms with Crippen molar-refractivity contribution in [3.05, 3.63) is 48.0 Å². The number of hydrogen-bond donors (Lipinski definition) is 0. The van der Waals surface area contributed by atoms with E-state index in [-0.39, 0.29) is 0 Å². The predicted octanol–water partition coefficient (Wildman–Crippen LogP) is 5.74. The molecule has 2 aromatic carbocycles. The maximum Gasteiger partial charge on any atom is 0.122 e. The van der Waals surface area contributed by atoms with Crippen LogP contribution in [0.3, 0.4) is 0 Å². The summed E-state index contributed by atoms with van der Waals surface area (Å²) in [5.41, 5.74) is 3.88. The average molecular weight is 392 g/mol. The quantitative estimate of drug-likeness (QED) is 0.649. The van der Waals surface area contributed by atoms with Crippen LogP contribution in [0.15, 0.2) is 42.5 Å². The molecule has 0 N–H and O–H groups in total. The number of benzene rings is 2.